The highest BCUT2D eigenvalue weighted by Crippen LogP contribution is 2.01. The van der Waals surface area contributed by atoms with Gasteiger partial charge in [-0.3, -0.25) is 0 Å². The predicted octanol–water partition coefficient (Wildman–Crippen LogP) is 0.852. The number of rotatable bonds is 0. The normalized spacial score (nSPS) is 9.73. The number of aromatic nitrogens is 2. The van der Waals surface area contributed by atoms with Crippen LogP contribution in [0.25, 0.3) is 0 Å². The smallest absolute Gasteiger partial charge is 0.193 e. The molecule has 0 saturated carbocycles. The summed E-state index contributed by atoms with van der Waals surface area (Å²) in [6.45, 7) is 3.97. The molecule has 1 aromatic rings. The van der Waals surface area contributed by atoms with Crippen molar-refractivity contribution in [2.45, 2.75) is 13.8 Å². The maximum absolute atomic E-state index is 4.98. The van der Waals surface area contributed by atoms with Crippen molar-refractivity contribution in [1.29, 1.82) is 0 Å². The molecule has 0 aliphatic carbocycles. The van der Waals surface area contributed by atoms with Gasteiger partial charge in [-0.05, 0) is 31.6 Å². The largest absolute Gasteiger partial charge is 0.364 e. The summed E-state index contributed by atoms with van der Waals surface area (Å²) in [7, 11) is 1.79. The van der Waals surface area contributed by atoms with Crippen LogP contribution in [0.5, 0.6) is 0 Å². The van der Waals surface area contributed by atoms with E-state index < -0.39 is 0 Å². The molecular weight excluding hydrogens is 158 g/mol. The lowest BCUT2D eigenvalue weighted by atomic mass is 10.3. The van der Waals surface area contributed by atoms with E-state index in [1.165, 1.54) is 0 Å². The SMILES string of the molecule is CNC(=S)n1cc(C)c(C)n1. The fourth-order valence-corrected chi connectivity index (χ4v) is 0.858. The van der Waals surface area contributed by atoms with Crippen molar-refractivity contribution in [2.24, 2.45) is 0 Å². The van der Waals surface area contributed by atoms with Crippen molar-refractivity contribution in [3.05, 3.63) is 17.5 Å². The van der Waals surface area contributed by atoms with Gasteiger partial charge in [0.25, 0.3) is 0 Å². The van der Waals surface area contributed by atoms with Crippen LogP contribution in [0.3, 0.4) is 0 Å². The van der Waals surface area contributed by atoms with Gasteiger partial charge in [-0.1, -0.05) is 0 Å². The van der Waals surface area contributed by atoms with Gasteiger partial charge in [-0.25, -0.2) is 4.68 Å². The Balaban J connectivity index is 2.97. The van der Waals surface area contributed by atoms with E-state index in [0.29, 0.717) is 5.11 Å². The first kappa shape index (κ1) is 8.20. The first-order valence-corrected chi connectivity index (χ1v) is 3.81. The topological polar surface area (TPSA) is 29.9 Å². The van der Waals surface area contributed by atoms with Crippen LogP contribution in [0, 0.1) is 13.8 Å². The second-order valence-electron chi connectivity index (χ2n) is 2.40. The number of hydrogen-bond donors (Lipinski definition) is 1. The first-order valence-electron chi connectivity index (χ1n) is 3.40. The Morgan fingerprint density at radius 1 is 1.64 bits per heavy atom. The summed E-state index contributed by atoms with van der Waals surface area (Å²) in [5, 5.41) is 7.67. The quantitative estimate of drug-likeness (QED) is 0.584. The van der Waals surface area contributed by atoms with E-state index in [2.05, 4.69) is 10.4 Å². The van der Waals surface area contributed by atoms with Gasteiger partial charge in [0.1, 0.15) is 0 Å². The molecule has 1 rings (SSSR count). The van der Waals surface area contributed by atoms with Crippen LogP contribution < -0.4 is 5.32 Å². The molecule has 0 fully saturated rings. The Hall–Kier alpha value is -0.900. The van der Waals surface area contributed by atoms with Gasteiger partial charge in [-0.15, -0.1) is 0 Å². The number of nitrogens with zero attached hydrogens (tertiary/aromatic N) is 2. The standard InChI is InChI=1S/C7H11N3S/c1-5-4-10(7(11)8-3)9-6(5)2/h4H,1-3H3,(H,8,11). The molecule has 1 aromatic heterocycles. The summed E-state index contributed by atoms with van der Waals surface area (Å²) in [6.07, 6.45) is 1.91. The molecule has 0 unspecified atom stereocenters. The maximum atomic E-state index is 4.98. The molecule has 0 aliphatic heterocycles. The maximum Gasteiger partial charge on any atom is 0.193 e. The minimum atomic E-state index is 0.626. The lowest BCUT2D eigenvalue weighted by molar-refractivity contribution is 0.886. The van der Waals surface area contributed by atoms with Crippen LogP contribution in [0.4, 0.5) is 0 Å². The molecule has 0 atom stereocenters. The van der Waals surface area contributed by atoms with Gasteiger partial charge in [0.2, 0.25) is 0 Å². The zero-order chi connectivity index (χ0) is 8.43. The van der Waals surface area contributed by atoms with Crippen molar-refractivity contribution < 1.29 is 0 Å². The molecule has 0 spiro atoms. The van der Waals surface area contributed by atoms with Crippen LogP contribution in [0.15, 0.2) is 6.20 Å². The lowest BCUT2D eigenvalue weighted by Crippen LogP contribution is -2.24. The summed E-state index contributed by atoms with van der Waals surface area (Å²) in [4.78, 5) is 0. The average molecular weight is 169 g/mol. The van der Waals surface area contributed by atoms with E-state index in [1.54, 1.807) is 11.7 Å². The van der Waals surface area contributed by atoms with Crippen LogP contribution >= 0.6 is 12.2 Å². The molecule has 3 nitrogen and oxygen atoms in total. The Morgan fingerprint density at radius 3 is 2.64 bits per heavy atom. The van der Waals surface area contributed by atoms with Crippen molar-refractivity contribution in [1.82, 2.24) is 15.1 Å². The molecule has 1 heterocycles. The van der Waals surface area contributed by atoms with Gasteiger partial charge in [-0.2, -0.15) is 5.10 Å². The molecular formula is C7H11N3S. The molecule has 0 amide bonds. The molecule has 60 valence electrons. The van der Waals surface area contributed by atoms with Gasteiger partial charge in [0, 0.05) is 13.2 Å². The fraction of sp³-hybridized carbons (Fsp3) is 0.429. The summed E-state index contributed by atoms with van der Waals surface area (Å²) < 4.78 is 1.67. The van der Waals surface area contributed by atoms with E-state index in [0.717, 1.165) is 11.3 Å². The molecule has 1 N–H and O–H groups in total. The van der Waals surface area contributed by atoms with Crippen LogP contribution in [0.2, 0.25) is 0 Å². The summed E-state index contributed by atoms with van der Waals surface area (Å²) in [5.74, 6) is 0. The third-order valence-electron chi connectivity index (χ3n) is 1.57. The van der Waals surface area contributed by atoms with Crippen LogP contribution in [-0.2, 0) is 0 Å². The highest BCUT2D eigenvalue weighted by molar-refractivity contribution is 7.80. The van der Waals surface area contributed by atoms with Gasteiger partial charge in [0.15, 0.2) is 5.11 Å². The molecule has 0 aliphatic rings. The predicted molar refractivity (Wildman–Crippen MR) is 48.8 cm³/mol. The summed E-state index contributed by atoms with van der Waals surface area (Å²) in [6, 6.07) is 0. The molecule has 0 aromatic carbocycles. The third kappa shape index (κ3) is 1.57. The number of hydrogen-bond acceptors (Lipinski definition) is 2. The van der Waals surface area contributed by atoms with E-state index in [9.17, 15) is 0 Å². The molecule has 4 heteroatoms. The second kappa shape index (κ2) is 3.00. The Morgan fingerprint density at radius 2 is 2.27 bits per heavy atom. The van der Waals surface area contributed by atoms with Crippen molar-refractivity contribution in [3.63, 3.8) is 0 Å². The highest BCUT2D eigenvalue weighted by atomic mass is 32.1. The monoisotopic (exact) mass is 169 g/mol. The summed E-state index contributed by atoms with van der Waals surface area (Å²) in [5.41, 5.74) is 2.17. The van der Waals surface area contributed by atoms with Crippen molar-refractivity contribution >= 4 is 17.3 Å². The van der Waals surface area contributed by atoms with E-state index in [-0.39, 0.29) is 0 Å². The number of nitrogens with one attached hydrogen (secondary N) is 1. The third-order valence-corrected chi connectivity index (χ3v) is 1.96. The zero-order valence-electron chi connectivity index (χ0n) is 6.88. The van der Waals surface area contributed by atoms with Crippen LogP contribution in [0.1, 0.15) is 11.3 Å². The fourth-order valence-electron chi connectivity index (χ4n) is 0.765. The van der Waals surface area contributed by atoms with E-state index in [4.69, 9.17) is 12.2 Å². The van der Waals surface area contributed by atoms with Gasteiger partial charge in [0.05, 0.1) is 5.69 Å². The molecule has 0 saturated heterocycles. The van der Waals surface area contributed by atoms with E-state index in [1.807, 2.05) is 20.0 Å². The molecule has 0 bridgehead atoms. The second-order valence-corrected chi connectivity index (χ2v) is 2.78. The van der Waals surface area contributed by atoms with Crippen molar-refractivity contribution in [3.8, 4) is 0 Å². The minimum Gasteiger partial charge on any atom is -0.364 e. The minimum absolute atomic E-state index is 0.626. The average Bonchev–Trinajstić information content (AvgIpc) is 2.31. The van der Waals surface area contributed by atoms with Gasteiger partial charge >= 0.3 is 0 Å². The van der Waals surface area contributed by atoms with E-state index >= 15 is 0 Å². The Bertz CT molecular complexity index is 258. The number of thiocarbonyl (C=S) groups is 1. The zero-order valence-corrected chi connectivity index (χ0v) is 7.70. The Labute approximate surface area is 71.4 Å². The lowest BCUT2D eigenvalue weighted by Gasteiger charge is -1.99. The van der Waals surface area contributed by atoms with Crippen molar-refractivity contribution in [2.75, 3.05) is 7.05 Å². The van der Waals surface area contributed by atoms with Gasteiger partial charge < -0.3 is 5.32 Å². The summed E-state index contributed by atoms with van der Waals surface area (Å²) >= 11 is 4.98. The highest BCUT2D eigenvalue weighted by Gasteiger charge is 2.01. The molecule has 0 radical (unpaired) electrons. The number of aryl methyl sites for hydroxylation is 2. The first-order chi connectivity index (χ1) is 5.15. The Kier molecular flexibility index (Phi) is 2.24. The van der Waals surface area contributed by atoms with Crippen LogP contribution in [-0.4, -0.2) is 21.9 Å². The molecule has 11 heavy (non-hydrogen) atoms.